The van der Waals surface area contributed by atoms with E-state index in [0.717, 1.165) is 21.9 Å². The number of rotatable bonds is 4. The standard InChI is InChI=1S/C16H18N4S/c1-11-5-4-6-12(9-11)20(3)10-14-18-15(17-2)13-7-8-21-16(13)19-14/h4-9H,10H2,1-3H3,(H,17,18,19). The van der Waals surface area contributed by atoms with Crippen molar-refractivity contribution >= 4 is 33.1 Å². The van der Waals surface area contributed by atoms with Gasteiger partial charge in [-0.15, -0.1) is 11.3 Å². The van der Waals surface area contributed by atoms with Crippen molar-refractivity contribution in [2.45, 2.75) is 13.5 Å². The molecule has 1 N–H and O–H groups in total. The summed E-state index contributed by atoms with van der Waals surface area (Å²) < 4.78 is 0. The molecule has 21 heavy (non-hydrogen) atoms. The first-order valence-electron chi connectivity index (χ1n) is 6.87. The van der Waals surface area contributed by atoms with Crippen molar-refractivity contribution in [1.82, 2.24) is 9.97 Å². The molecule has 1 aromatic carbocycles. The predicted molar refractivity (Wildman–Crippen MR) is 90.2 cm³/mol. The van der Waals surface area contributed by atoms with Gasteiger partial charge in [0.2, 0.25) is 0 Å². The fraction of sp³-hybridized carbons (Fsp3) is 0.250. The Balaban J connectivity index is 1.90. The summed E-state index contributed by atoms with van der Waals surface area (Å²) in [5.41, 5.74) is 2.43. The minimum absolute atomic E-state index is 0.686. The predicted octanol–water partition coefficient (Wildman–Crippen LogP) is 3.68. The second kappa shape index (κ2) is 5.69. The van der Waals surface area contributed by atoms with Crippen LogP contribution in [0.15, 0.2) is 35.7 Å². The third-order valence-corrected chi connectivity index (χ3v) is 4.24. The summed E-state index contributed by atoms with van der Waals surface area (Å²) in [6.07, 6.45) is 0. The van der Waals surface area contributed by atoms with Crippen LogP contribution in [-0.2, 0) is 6.54 Å². The van der Waals surface area contributed by atoms with Crippen LogP contribution in [0.2, 0.25) is 0 Å². The van der Waals surface area contributed by atoms with Crippen LogP contribution in [0.5, 0.6) is 0 Å². The zero-order chi connectivity index (χ0) is 14.8. The van der Waals surface area contributed by atoms with E-state index in [-0.39, 0.29) is 0 Å². The van der Waals surface area contributed by atoms with Gasteiger partial charge in [-0.05, 0) is 36.1 Å². The van der Waals surface area contributed by atoms with Gasteiger partial charge in [-0.25, -0.2) is 9.97 Å². The highest BCUT2D eigenvalue weighted by Crippen LogP contribution is 2.25. The second-order valence-corrected chi connectivity index (χ2v) is 5.97. The quantitative estimate of drug-likeness (QED) is 0.798. The van der Waals surface area contributed by atoms with E-state index < -0.39 is 0 Å². The molecule has 2 aromatic heterocycles. The maximum Gasteiger partial charge on any atom is 0.151 e. The zero-order valence-corrected chi connectivity index (χ0v) is 13.2. The average Bonchev–Trinajstić information content (AvgIpc) is 2.94. The molecule has 4 nitrogen and oxygen atoms in total. The SMILES string of the molecule is CNc1nc(CN(C)c2cccc(C)c2)nc2sccc12. The van der Waals surface area contributed by atoms with Crippen LogP contribution in [-0.4, -0.2) is 24.1 Å². The lowest BCUT2D eigenvalue weighted by Gasteiger charge is -2.19. The number of hydrogen-bond donors (Lipinski definition) is 1. The van der Waals surface area contributed by atoms with E-state index >= 15 is 0 Å². The number of nitrogens with one attached hydrogen (secondary N) is 1. The Morgan fingerprint density at radius 2 is 2.10 bits per heavy atom. The number of benzene rings is 1. The molecule has 0 saturated carbocycles. The molecule has 5 heteroatoms. The van der Waals surface area contributed by atoms with E-state index in [1.165, 1.54) is 11.3 Å². The molecule has 0 amide bonds. The number of anilines is 2. The van der Waals surface area contributed by atoms with Crippen molar-refractivity contribution in [2.24, 2.45) is 0 Å². The fourth-order valence-corrected chi connectivity index (χ4v) is 3.11. The van der Waals surface area contributed by atoms with E-state index in [4.69, 9.17) is 0 Å². The number of hydrogen-bond acceptors (Lipinski definition) is 5. The van der Waals surface area contributed by atoms with E-state index in [2.05, 4.69) is 64.5 Å². The Bertz CT molecular complexity index is 766. The highest BCUT2D eigenvalue weighted by Gasteiger charge is 2.10. The number of thiophene rings is 1. The van der Waals surface area contributed by atoms with Gasteiger partial charge in [-0.3, -0.25) is 0 Å². The van der Waals surface area contributed by atoms with Gasteiger partial charge in [-0.2, -0.15) is 0 Å². The van der Waals surface area contributed by atoms with E-state index in [1.54, 1.807) is 11.3 Å². The van der Waals surface area contributed by atoms with Crippen LogP contribution in [0.3, 0.4) is 0 Å². The summed E-state index contributed by atoms with van der Waals surface area (Å²) in [7, 11) is 3.96. The third kappa shape index (κ3) is 2.83. The van der Waals surface area contributed by atoms with E-state index in [1.807, 2.05) is 12.4 Å². The lowest BCUT2D eigenvalue weighted by molar-refractivity contribution is 0.849. The first-order valence-corrected chi connectivity index (χ1v) is 7.75. The monoisotopic (exact) mass is 298 g/mol. The lowest BCUT2D eigenvalue weighted by Crippen LogP contribution is -2.18. The van der Waals surface area contributed by atoms with Gasteiger partial charge in [0.25, 0.3) is 0 Å². The average molecular weight is 298 g/mol. The summed E-state index contributed by atoms with van der Waals surface area (Å²) in [5, 5.41) is 6.29. The van der Waals surface area contributed by atoms with Crippen LogP contribution < -0.4 is 10.2 Å². The lowest BCUT2D eigenvalue weighted by atomic mass is 10.2. The Hall–Kier alpha value is -2.14. The second-order valence-electron chi connectivity index (χ2n) is 5.07. The maximum absolute atomic E-state index is 4.66. The Labute approximate surface area is 128 Å². The minimum atomic E-state index is 0.686. The molecule has 0 aliphatic heterocycles. The van der Waals surface area contributed by atoms with Crippen LogP contribution >= 0.6 is 11.3 Å². The summed E-state index contributed by atoms with van der Waals surface area (Å²) in [6, 6.07) is 10.5. The minimum Gasteiger partial charge on any atom is -0.372 e. The van der Waals surface area contributed by atoms with Crippen LogP contribution in [0.25, 0.3) is 10.2 Å². The molecule has 3 rings (SSSR count). The van der Waals surface area contributed by atoms with Gasteiger partial charge in [0.1, 0.15) is 10.6 Å². The highest BCUT2D eigenvalue weighted by atomic mass is 32.1. The van der Waals surface area contributed by atoms with Crippen LogP contribution in [0, 0.1) is 6.92 Å². The summed E-state index contributed by atoms with van der Waals surface area (Å²) in [4.78, 5) is 12.5. The Morgan fingerprint density at radius 3 is 2.86 bits per heavy atom. The molecule has 0 spiro atoms. The molecule has 0 radical (unpaired) electrons. The molecule has 0 aliphatic carbocycles. The van der Waals surface area contributed by atoms with Gasteiger partial charge in [-0.1, -0.05) is 12.1 Å². The molecule has 3 aromatic rings. The topological polar surface area (TPSA) is 41.1 Å². The Kier molecular flexibility index (Phi) is 3.75. The molecule has 0 aliphatic rings. The maximum atomic E-state index is 4.66. The normalized spacial score (nSPS) is 10.8. The fourth-order valence-electron chi connectivity index (χ4n) is 2.33. The van der Waals surface area contributed by atoms with Crippen molar-refractivity contribution in [1.29, 1.82) is 0 Å². The van der Waals surface area contributed by atoms with Gasteiger partial charge in [0.15, 0.2) is 5.82 Å². The number of fused-ring (bicyclic) bond motifs is 1. The molecule has 0 unspecified atom stereocenters. The first-order chi connectivity index (χ1) is 10.2. The molecule has 2 heterocycles. The van der Waals surface area contributed by atoms with Crippen molar-refractivity contribution in [3.05, 3.63) is 47.1 Å². The Morgan fingerprint density at radius 1 is 1.24 bits per heavy atom. The van der Waals surface area contributed by atoms with E-state index in [9.17, 15) is 0 Å². The number of aryl methyl sites for hydroxylation is 1. The van der Waals surface area contributed by atoms with Crippen molar-refractivity contribution in [2.75, 3.05) is 24.3 Å². The number of nitrogens with zero attached hydrogens (tertiary/aromatic N) is 3. The smallest absolute Gasteiger partial charge is 0.151 e. The van der Waals surface area contributed by atoms with Crippen LogP contribution in [0.4, 0.5) is 11.5 Å². The molecular weight excluding hydrogens is 280 g/mol. The highest BCUT2D eigenvalue weighted by molar-refractivity contribution is 7.16. The number of aromatic nitrogens is 2. The molecule has 0 fully saturated rings. The van der Waals surface area contributed by atoms with Crippen molar-refractivity contribution in [3.8, 4) is 0 Å². The van der Waals surface area contributed by atoms with Gasteiger partial charge >= 0.3 is 0 Å². The molecule has 0 atom stereocenters. The van der Waals surface area contributed by atoms with Crippen LogP contribution in [0.1, 0.15) is 11.4 Å². The molecule has 0 bridgehead atoms. The largest absolute Gasteiger partial charge is 0.372 e. The zero-order valence-electron chi connectivity index (χ0n) is 12.4. The summed E-state index contributed by atoms with van der Waals surface area (Å²) >= 11 is 1.65. The van der Waals surface area contributed by atoms with Gasteiger partial charge in [0.05, 0.1) is 11.9 Å². The molecular formula is C16H18N4S. The molecule has 108 valence electrons. The van der Waals surface area contributed by atoms with Crippen molar-refractivity contribution < 1.29 is 0 Å². The van der Waals surface area contributed by atoms with Gasteiger partial charge < -0.3 is 10.2 Å². The first kappa shape index (κ1) is 13.8. The third-order valence-electron chi connectivity index (χ3n) is 3.43. The molecule has 0 saturated heterocycles. The van der Waals surface area contributed by atoms with Crippen molar-refractivity contribution in [3.63, 3.8) is 0 Å². The summed E-state index contributed by atoms with van der Waals surface area (Å²) in [5.74, 6) is 1.73. The van der Waals surface area contributed by atoms with E-state index in [0.29, 0.717) is 6.54 Å². The van der Waals surface area contributed by atoms with Gasteiger partial charge in [0, 0.05) is 19.8 Å². The summed E-state index contributed by atoms with van der Waals surface area (Å²) in [6.45, 7) is 2.79.